The third-order valence-electron chi connectivity index (χ3n) is 5.83. The van der Waals surface area contributed by atoms with E-state index in [-0.39, 0.29) is 5.91 Å². The minimum Gasteiger partial charge on any atom is -0.454 e. The van der Waals surface area contributed by atoms with Gasteiger partial charge in [0.15, 0.2) is 11.5 Å². The van der Waals surface area contributed by atoms with Crippen molar-refractivity contribution in [1.29, 1.82) is 0 Å². The maximum Gasteiger partial charge on any atom is 0.231 e. The van der Waals surface area contributed by atoms with E-state index < -0.39 is 0 Å². The zero-order chi connectivity index (χ0) is 20.2. The Labute approximate surface area is 172 Å². The van der Waals surface area contributed by atoms with Gasteiger partial charge in [-0.1, -0.05) is 18.2 Å². The smallest absolute Gasteiger partial charge is 0.231 e. The predicted molar refractivity (Wildman–Crippen MR) is 113 cm³/mol. The van der Waals surface area contributed by atoms with Gasteiger partial charge in [-0.3, -0.25) is 9.69 Å². The predicted octanol–water partition coefficient (Wildman–Crippen LogP) is 3.18. The molecule has 0 saturated carbocycles. The molecule has 0 radical (unpaired) electrons. The summed E-state index contributed by atoms with van der Waals surface area (Å²) in [7, 11) is 0. The van der Waals surface area contributed by atoms with E-state index in [4.69, 9.17) is 9.47 Å². The minimum atomic E-state index is 0.227. The van der Waals surface area contributed by atoms with E-state index in [1.54, 1.807) is 0 Å². The number of anilines is 1. The number of fused-ring (bicyclic) bond motifs is 1. The first kappa shape index (κ1) is 19.6. The van der Waals surface area contributed by atoms with Crippen molar-refractivity contribution >= 4 is 11.6 Å². The molecule has 2 aromatic rings. The highest BCUT2D eigenvalue weighted by molar-refractivity contribution is 5.77. The molecule has 1 saturated heterocycles. The third-order valence-corrected chi connectivity index (χ3v) is 5.83. The maximum atomic E-state index is 12.6. The Balaban J connectivity index is 1.21. The number of ether oxygens (including phenoxy) is 2. The molecule has 2 aliphatic rings. The van der Waals surface area contributed by atoms with Gasteiger partial charge < -0.3 is 19.7 Å². The van der Waals surface area contributed by atoms with Crippen molar-refractivity contribution in [2.75, 3.05) is 44.8 Å². The molecule has 6 heteroatoms. The van der Waals surface area contributed by atoms with Crippen LogP contribution in [0.2, 0.25) is 0 Å². The molecule has 1 N–H and O–H groups in total. The lowest BCUT2D eigenvalue weighted by Gasteiger charge is -2.35. The molecule has 0 spiro atoms. The molecule has 0 unspecified atom stereocenters. The molecule has 0 aromatic heterocycles. The SMILES string of the molecule is Cc1cccc(NCCC(=O)N2CCN(Cc3ccc4c(c3)OCO4)CC2)c1C. The van der Waals surface area contributed by atoms with Crippen LogP contribution in [-0.2, 0) is 11.3 Å². The second-order valence-electron chi connectivity index (χ2n) is 7.77. The lowest BCUT2D eigenvalue weighted by atomic mass is 10.1. The van der Waals surface area contributed by atoms with E-state index in [1.807, 2.05) is 17.0 Å². The topological polar surface area (TPSA) is 54.0 Å². The van der Waals surface area contributed by atoms with Gasteiger partial charge in [-0.05, 0) is 48.7 Å². The van der Waals surface area contributed by atoms with Gasteiger partial charge in [0.2, 0.25) is 12.7 Å². The average molecular weight is 396 g/mol. The molecule has 2 aromatic carbocycles. The third kappa shape index (κ3) is 4.65. The lowest BCUT2D eigenvalue weighted by molar-refractivity contribution is -0.132. The molecular weight excluding hydrogens is 366 g/mol. The summed E-state index contributed by atoms with van der Waals surface area (Å²) >= 11 is 0. The van der Waals surface area contributed by atoms with Crippen molar-refractivity contribution in [2.24, 2.45) is 0 Å². The number of nitrogens with zero attached hydrogens (tertiary/aromatic N) is 2. The number of benzene rings is 2. The average Bonchev–Trinajstić information content (AvgIpc) is 3.19. The summed E-state index contributed by atoms with van der Waals surface area (Å²) in [6.07, 6.45) is 0.523. The second kappa shape index (κ2) is 8.74. The number of nitrogens with one attached hydrogen (secondary N) is 1. The molecule has 1 fully saturated rings. The van der Waals surface area contributed by atoms with E-state index >= 15 is 0 Å². The number of carbonyl (C=O) groups is 1. The Morgan fingerprint density at radius 3 is 2.66 bits per heavy atom. The van der Waals surface area contributed by atoms with Gasteiger partial charge in [-0.25, -0.2) is 0 Å². The molecule has 2 aliphatic heterocycles. The van der Waals surface area contributed by atoms with Gasteiger partial charge in [-0.2, -0.15) is 0 Å². The fraction of sp³-hybridized carbons (Fsp3) is 0.435. The molecule has 0 aliphatic carbocycles. The van der Waals surface area contributed by atoms with Crippen molar-refractivity contribution in [3.05, 3.63) is 53.1 Å². The Morgan fingerprint density at radius 2 is 1.83 bits per heavy atom. The van der Waals surface area contributed by atoms with E-state index in [1.165, 1.54) is 16.7 Å². The van der Waals surface area contributed by atoms with Gasteiger partial charge in [-0.15, -0.1) is 0 Å². The van der Waals surface area contributed by atoms with Crippen molar-refractivity contribution in [3.8, 4) is 11.5 Å². The minimum absolute atomic E-state index is 0.227. The van der Waals surface area contributed by atoms with Crippen LogP contribution in [0.3, 0.4) is 0 Å². The number of amides is 1. The first-order chi connectivity index (χ1) is 14.1. The van der Waals surface area contributed by atoms with Crippen molar-refractivity contribution in [2.45, 2.75) is 26.8 Å². The summed E-state index contributed by atoms with van der Waals surface area (Å²) in [5.74, 6) is 1.87. The lowest BCUT2D eigenvalue weighted by Crippen LogP contribution is -2.48. The fourth-order valence-electron chi connectivity index (χ4n) is 3.86. The van der Waals surface area contributed by atoms with Crippen LogP contribution in [0.25, 0.3) is 0 Å². The molecular formula is C23H29N3O3. The van der Waals surface area contributed by atoms with Crippen molar-refractivity contribution in [1.82, 2.24) is 9.80 Å². The highest BCUT2D eigenvalue weighted by Gasteiger charge is 2.21. The second-order valence-corrected chi connectivity index (χ2v) is 7.77. The van der Waals surface area contributed by atoms with Crippen LogP contribution in [0, 0.1) is 13.8 Å². The van der Waals surface area contributed by atoms with E-state index in [2.05, 4.69) is 48.3 Å². The molecule has 0 bridgehead atoms. The summed E-state index contributed by atoms with van der Waals surface area (Å²) < 4.78 is 10.8. The Hall–Kier alpha value is -2.73. The number of carbonyl (C=O) groups excluding carboxylic acids is 1. The summed E-state index contributed by atoms with van der Waals surface area (Å²) in [4.78, 5) is 16.9. The highest BCUT2D eigenvalue weighted by Crippen LogP contribution is 2.32. The maximum absolute atomic E-state index is 12.6. The summed E-state index contributed by atoms with van der Waals surface area (Å²) in [6, 6.07) is 12.3. The molecule has 154 valence electrons. The summed E-state index contributed by atoms with van der Waals surface area (Å²) in [5.41, 5.74) is 4.84. The van der Waals surface area contributed by atoms with E-state index in [0.29, 0.717) is 19.8 Å². The van der Waals surface area contributed by atoms with Crippen LogP contribution < -0.4 is 14.8 Å². The van der Waals surface area contributed by atoms with Crippen molar-refractivity contribution < 1.29 is 14.3 Å². The molecule has 2 heterocycles. The standard InChI is InChI=1S/C23H29N3O3/c1-17-4-3-5-20(18(17)2)24-9-8-23(27)26-12-10-25(11-13-26)15-19-6-7-21-22(14-19)29-16-28-21/h3-7,14,24H,8-13,15-16H2,1-2H3. The van der Waals surface area contributed by atoms with Gasteiger partial charge in [0, 0.05) is 51.4 Å². The monoisotopic (exact) mass is 395 g/mol. The zero-order valence-electron chi connectivity index (χ0n) is 17.2. The fourth-order valence-corrected chi connectivity index (χ4v) is 3.86. The number of rotatable bonds is 6. The van der Waals surface area contributed by atoms with Crippen LogP contribution in [-0.4, -0.2) is 55.2 Å². The number of hydrogen-bond acceptors (Lipinski definition) is 5. The zero-order valence-corrected chi connectivity index (χ0v) is 17.2. The van der Waals surface area contributed by atoms with E-state index in [0.717, 1.165) is 49.9 Å². The molecule has 1 amide bonds. The largest absolute Gasteiger partial charge is 0.454 e. The van der Waals surface area contributed by atoms with Crippen LogP contribution in [0.15, 0.2) is 36.4 Å². The normalized spacial score (nSPS) is 16.1. The van der Waals surface area contributed by atoms with Crippen molar-refractivity contribution in [3.63, 3.8) is 0 Å². The number of aryl methyl sites for hydroxylation is 1. The summed E-state index contributed by atoms with van der Waals surface area (Å²) in [5, 5.41) is 3.41. The van der Waals surface area contributed by atoms with Gasteiger partial charge in [0.25, 0.3) is 0 Å². The first-order valence-corrected chi connectivity index (χ1v) is 10.3. The Morgan fingerprint density at radius 1 is 1.03 bits per heavy atom. The van der Waals surface area contributed by atoms with Crippen LogP contribution in [0.5, 0.6) is 11.5 Å². The molecule has 6 nitrogen and oxygen atoms in total. The van der Waals surface area contributed by atoms with Crippen LogP contribution in [0.1, 0.15) is 23.1 Å². The van der Waals surface area contributed by atoms with Gasteiger partial charge in [0.05, 0.1) is 0 Å². The van der Waals surface area contributed by atoms with E-state index in [9.17, 15) is 4.79 Å². The van der Waals surface area contributed by atoms with Crippen LogP contribution >= 0.6 is 0 Å². The van der Waals surface area contributed by atoms with Crippen LogP contribution in [0.4, 0.5) is 5.69 Å². The quantitative estimate of drug-likeness (QED) is 0.814. The Kier molecular flexibility index (Phi) is 5.90. The first-order valence-electron chi connectivity index (χ1n) is 10.3. The summed E-state index contributed by atoms with van der Waals surface area (Å²) in [6.45, 7) is 9.41. The molecule has 29 heavy (non-hydrogen) atoms. The molecule has 0 atom stereocenters. The van der Waals surface area contributed by atoms with Gasteiger partial charge in [0.1, 0.15) is 0 Å². The highest BCUT2D eigenvalue weighted by atomic mass is 16.7. The number of piperazine rings is 1. The van der Waals surface area contributed by atoms with Gasteiger partial charge >= 0.3 is 0 Å². The Bertz CT molecular complexity index is 876. The number of hydrogen-bond donors (Lipinski definition) is 1. The molecule has 4 rings (SSSR count).